The number of piperidine rings is 1. The molecule has 2 saturated heterocycles. The van der Waals surface area contributed by atoms with E-state index in [9.17, 15) is 9.90 Å². The normalized spacial score (nSPS) is 21.1. The molecule has 4 rings (SSSR count). The molecule has 0 radical (unpaired) electrons. The molecular weight excluding hydrogens is 446 g/mol. The summed E-state index contributed by atoms with van der Waals surface area (Å²) in [5.41, 5.74) is 3.66. The number of rotatable bonds is 9. The second-order valence-electron chi connectivity index (χ2n) is 11.0. The van der Waals surface area contributed by atoms with Crippen LogP contribution in [0.2, 0.25) is 0 Å². The zero-order valence-electron chi connectivity index (χ0n) is 22.2. The van der Waals surface area contributed by atoms with Gasteiger partial charge in [-0.2, -0.15) is 0 Å². The van der Waals surface area contributed by atoms with Gasteiger partial charge in [-0.1, -0.05) is 88.4 Å². The number of benzene rings is 2. The SMILES string of the molecule is C=C1[C@H](CC(C)C)NC(=O)C2(CCN(Cc3ccc(C(O)c4ccccc4)cc3)CC2)N1CCCC. The fraction of sp³-hybridized carbons (Fsp3) is 0.516. The number of aliphatic hydroxyl groups is 1. The number of aliphatic hydroxyl groups excluding tert-OH is 1. The van der Waals surface area contributed by atoms with Crippen molar-refractivity contribution in [3.05, 3.63) is 83.6 Å². The maximum atomic E-state index is 13.5. The van der Waals surface area contributed by atoms with Gasteiger partial charge in [0.2, 0.25) is 5.91 Å². The summed E-state index contributed by atoms with van der Waals surface area (Å²) >= 11 is 0. The molecule has 5 nitrogen and oxygen atoms in total. The van der Waals surface area contributed by atoms with Crippen LogP contribution in [0.3, 0.4) is 0 Å². The third-order valence-corrected chi connectivity index (χ3v) is 7.94. The summed E-state index contributed by atoms with van der Waals surface area (Å²) in [7, 11) is 0. The third kappa shape index (κ3) is 5.68. The third-order valence-electron chi connectivity index (χ3n) is 7.94. The Morgan fingerprint density at radius 2 is 1.69 bits per heavy atom. The summed E-state index contributed by atoms with van der Waals surface area (Å²) in [4.78, 5) is 18.4. The van der Waals surface area contributed by atoms with Crippen molar-refractivity contribution in [3.63, 3.8) is 0 Å². The molecule has 1 unspecified atom stereocenters. The maximum absolute atomic E-state index is 13.5. The molecule has 0 aliphatic carbocycles. The average molecular weight is 490 g/mol. The van der Waals surface area contributed by atoms with Gasteiger partial charge in [0.1, 0.15) is 11.6 Å². The van der Waals surface area contributed by atoms with Crippen molar-refractivity contribution in [2.24, 2.45) is 5.92 Å². The predicted octanol–water partition coefficient (Wildman–Crippen LogP) is 5.26. The first-order chi connectivity index (χ1) is 17.3. The van der Waals surface area contributed by atoms with Crippen molar-refractivity contribution in [3.8, 4) is 0 Å². The molecule has 1 spiro atoms. The van der Waals surface area contributed by atoms with Crippen LogP contribution in [0.5, 0.6) is 0 Å². The van der Waals surface area contributed by atoms with Crippen molar-refractivity contribution in [1.82, 2.24) is 15.1 Å². The highest BCUT2D eigenvalue weighted by Gasteiger charge is 2.51. The summed E-state index contributed by atoms with van der Waals surface area (Å²) in [5.74, 6) is 0.701. The number of piperazine rings is 1. The second-order valence-corrected chi connectivity index (χ2v) is 11.0. The lowest BCUT2D eigenvalue weighted by molar-refractivity contribution is -0.140. The molecule has 2 heterocycles. The molecule has 2 aliphatic rings. The molecule has 0 saturated carbocycles. The Morgan fingerprint density at radius 1 is 1.06 bits per heavy atom. The predicted molar refractivity (Wildman–Crippen MR) is 146 cm³/mol. The molecule has 1 amide bonds. The van der Waals surface area contributed by atoms with E-state index < -0.39 is 11.6 Å². The van der Waals surface area contributed by atoms with E-state index in [0.717, 1.165) is 75.1 Å². The smallest absolute Gasteiger partial charge is 0.246 e. The van der Waals surface area contributed by atoms with Gasteiger partial charge in [-0.25, -0.2) is 0 Å². The minimum atomic E-state index is -0.610. The van der Waals surface area contributed by atoms with Gasteiger partial charge in [-0.3, -0.25) is 9.69 Å². The Labute approximate surface area is 217 Å². The van der Waals surface area contributed by atoms with E-state index in [1.807, 2.05) is 42.5 Å². The molecule has 2 aliphatic heterocycles. The van der Waals surface area contributed by atoms with Crippen LogP contribution in [0.4, 0.5) is 0 Å². The van der Waals surface area contributed by atoms with Crippen LogP contribution < -0.4 is 5.32 Å². The van der Waals surface area contributed by atoms with Crippen LogP contribution in [0.15, 0.2) is 66.9 Å². The van der Waals surface area contributed by atoms with Crippen LogP contribution >= 0.6 is 0 Å². The maximum Gasteiger partial charge on any atom is 0.246 e. The van der Waals surface area contributed by atoms with Crippen molar-refractivity contribution < 1.29 is 9.90 Å². The number of hydrogen-bond donors (Lipinski definition) is 2. The molecule has 2 aromatic carbocycles. The summed E-state index contributed by atoms with van der Waals surface area (Å²) in [6, 6.07) is 18.1. The monoisotopic (exact) mass is 489 g/mol. The number of carbonyl (C=O) groups is 1. The van der Waals surface area contributed by atoms with E-state index in [1.165, 1.54) is 5.56 Å². The highest BCUT2D eigenvalue weighted by Crippen LogP contribution is 2.38. The number of hydrogen-bond acceptors (Lipinski definition) is 4. The van der Waals surface area contributed by atoms with E-state index in [2.05, 4.69) is 54.6 Å². The Hall–Kier alpha value is -2.63. The highest BCUT2D eigenvalue weighted by molar-refractivity contribution is 5.88. The fourth-order valence-electron chi connectivity index (χ4n) is 5.77. The van der Waals surface area contributed by atoms with E-state index in [1.54, 1.807) is 0 Å². The lowest BCUT2D eigenvalue weighted by Crippen LogP contribution is -2.69. The Kier molecular flexibility index (Phi) is 8.53. The topological polar surface area (TPSA) is 55.8 Å². The molecule has 0 aromatic heterocycles. The van der Waals surface area contributed by atoms with Crippen molar-refractivity contribution in [2.45, 2.75) is 77.1 Å². The van der Waals surface area contributed by atoms with E-state index >= 15 is 0 Å². The number of nitrogens with zero attached hydrogens (tertiary/aromatic N) is 2. The number of amides is 1. The zero-order chi connectivity index (χ0) is 25.7. The minimum absolute atomic E-state index is 0.0442. The Balaban J connectivity index is 1.40. The van der Waals surface area contributed by atoms with E-state index in [0.29, 0.717) is 5.92 Å². The summed E-state index contributed by atoms with van der Waals surface area (Å²) in [5, 5.41) is 14.0. The number of likely N-dealkylation sites (tertiary alicyclic amines) is 1. The average Bonchev–Trinajstić information content (AvgIpc) is 2.89. The van der Waals surface area contributed by atoms with E-state index in [-0.39, 0.29) is 11.9 Å². The lowest BCUT2D eigenvalue weighted by Gasteiger charge is -2.54. The Bertz CT molecular complexity index is 1010. The first-order valence-corrected chi connectivity index (χ1v) is 13.7. The van der Waals surface area contributed by atoms with Crippen LogP contribution in [0.25, 0.3) is 0 Å². The molecular formula is C31H43N3O2. The van der Waals surface area contributed by atoms with Gasteiger partial charge in [-0.05, 0) is 48.3 Å². The molecule has 2 aromatic rings. The van der Waals surface area contributed by atoms with Crippen molar-refractivity contribution in [1.29, 1.82) is 0 Å². The molecule has 2 fully saturated rings. The number of nitrogens with one attached hydrogen (secondary N) is 1. The number of carbonyl (C=O) groups excluding carboxylic acids is 1. The van der Waals surface area contributed by atoms with Crippen LogP contribution in [-0.2, 0) is 11.3 Å². The first kappa shape index (κ1) is 26.4. The van der Waals surface area contributed by atoms with Gasteiger partial charge < -0.3 is 15.3 Å². The van der Waals surface area contributed by atoms with Gasteiger partial charge in [-0.15, -0.1) is 0 Å². The summed E-state index contributed by atoms with van der Waals surface area (Å²) in [6.45, 7) is 14.6. The molecule has 194 valence electrons. The second kappa shape index (κ2) is 11.6. The molecule has 36 heavy (non-hydrogen) atoms. The first-order valence-electron chi connectivity index (χ1n) is 13.7. The standard InChI is InChI=1S/C31H43N3O2/c1-5-6-18-34-24(4)28(21-23(2)3)32-30(36)31(34)16-19-33(20-17-31)22-25-12-14-27(15-13-25)29(35)26-10-8-7-9-11-26/h7-15,23,28-29,35H,4-6,16-22H2,1-3H3,(H,32,36)/t28-,29?/m0/s1. The summed E-state index contributed by atoms with van der Waals surface area (Å²) in [6.07, 6.45) is 4.15. The van der Waals surface area contributed by atoms with Gasteiger partial charge in [0.05, 0.1) is 6.04 Å². The largest absolute Gasteiger partial charge is 0.384 e. The van der Waals surface area contributed by atoms with Gasteiger partial charge in [0.15, 0.2) is 0 Å². The van der Waals surface area contributed by atoms with E-state index in [4.69, 9.17) is 0 Å². The lowest BCUT2D eigenvalue weighted by atomic mass is 9.80. The van der Waals surface area contributed by atoms with Crippen molar-refractivity contribution in [2.75, 3.05) is 19.6 Å². The zero-order valence-corrected chi connectivity index (χ0v) is 22.2. The molecule has 2 atom stereocenters. The van der Waals surface area contributed by atoms with Crippen LogP contribution in [-0.4, -0.2) is 52.0 Å². The van der Waals surface area contributed by atoms with Gasteiger partial charge >= 0.3 is 0 Å². The molecule has 2 N–H and O–H groups in total. The van der Waals surface area contributed by atoms with Crippen LogP contribution in [0.1, 0.15) is 75.7 Å². The van der Waals surface area contributed by atoms with Gasteiger partial charge in [0.25, 0.3) is 0 Å². The Morgan fingerprint density at radius 3 is 2.31 bits per heavy atom. The number of unbranched alkanes of at least 4 members (excludes halogenated alkanes) is 1. The molecule has 5 heteroatoms. The van der Waals surface area contributed by atoms with Crippen LogP contribution in [0, 0.1) is 5.92 Å². The highest BCUT2D eigenvalue weighted by atomic mass is 16.3. The minimum Gasteiger partial charge on any atom is -0.384 e. The molecule has 0 bridgehead atoms. The fourth-order valence-corrected chi connectivity index (χ4v) is 5.77. The van der Waals surface area contributed by atoms with Crippen molar-refractivity contribution >= 4 is 5.91 Å². The quantitative estimate of drug-likeness (QED) is 0.504. The van der Waals surface area contributed by atoms with Gasteiger partial charge in [0, 0.05) is 31.9 Å². The summed E-state index contributed by atoms with van der Waals surface area (Å²) < 4.78 is 0.